The number of ether oxygens (including phenoxy) is 2. The van der Waals surface area contributed by atoms with E-state index in [2.05, 4.69) is 13.8 Å². The molecule has 0 saturated carbocycles. The summed E-state index contributed by atoms with van der Waals surface area (Å²) >= 11 is 0. The molecule has 1 rings (SSSR count). The van der Waals surface area contributed by atoms with Crippen molar-refractivity contribution in [2.45, 2.75) is 26.7 Å². The Hall–Kier alpha value is -1.55. The molecule has 0 radical (unpaired) electrons. The minimum absolute atomic E-state index is 0.407. The predicted molar refractivity (Wildman–Crippen MR) is 78.1 cm³/mol. The van der Waals surface area contributed by atoms with E-state index in [0.717, 1.165) is 11.3 Å². The van der Waals surface area contributed by atoms with Crippen molar-refractivity contribution in [1.29, 1.82) is 0 Å². The van der Waals surface area contributed by atoms with Crippen LogP contribution in [-0.4, -0.2) is 31.4 Å². The van der Waals surface area contributed by atoms with Crippen LogP contribution in [0.2, 0.25) is 0 Å². The van der Waals surface area contributed by atoms with Crippen LogP contribution in [0.1, 0.15) is 25.8 Å². The highest BCUT2D eigenvalue weighted by molar-refractivity contribution is 5.70. The van der Waals surface area contributed by atoms with Gasteiger partial charge in [-0.1, -0.05) is 26.0 Å². The Kier molecular flexibility index (Phi) is 7.09. The summed E-state index contributed by atoms with van der Waals surface area (Å²) in [5, 5.41) is 9.26. The molecule has 4 heteroatoms. The molecule has 0 aliphatic carbocycles. The van der Waals surface area contributed by atoms with Crippen LogP contribution in [0.25, 0.3) is 0 Å². The predicted octanol–water partition coefficient (Wildman–Crippen LogP) is 3.00. The molecule has 0 spiro atoms. The van der Waals surface area contributed by atoms with Gasteiger partial charge in [0.2, 0.25) is 0 Å². The van der Waals surface area contributed by atoms with Crippen molar-refractivity contribution in [1.82, 2.24) is 0 Å². The Balaban J connectivity index is 2.47. The smallest absolute Gasteiger partial charge is 0.306 e. The van der Waals surface area contributed by atoms with Crippen LogP contribution in [0.5, 0.6) is 5.75 Å². The number of carbonyl (C=O) groups is 1. The quantitative estimate of drug-likeness (QED) is 0.706. The van der Waals surface area contributed by atoms with E-state index in [4.69, 9.17) is 9.47 Å². The van der Waals surface area contributed by atoms with Crippen molar-refractivity contribution in [2.75, 3.05) is 20.3 Å². The minimum atomic E-state index is -0.769. The standard InChI is InChI=1S/C16H24O4/c1-12(2)11-20-9-8-14(16(17)18)10-13-4-6-15(19-3)7-5-13/h4-7,12,14H,8-11H2,1-3H3,(H,17,18). The zero-order chi connectivity index (χ0) is 15.0. The topological polar surface area (TPSA) is 55.8 Å². The molecule has 112 valence electrons. The first-order valence-corrected chi connectivity index (χ1v) is 6.96. The molecule has 1 aromatic carbocycles. The fraction of sp³-hybridized carbons (Fsp3) is 0.562. The average Bonchev–Trinajstić information content (AvgIpc) is 2.42. The number of methoxy groups -OCH3 is 1. The van der Waals surface area contributed by atoms with Crippen molar-refractivity contribution in [3.8, 4) is 5.75 Å². The molecular formula is C16H24O4. The number of benzene rings is 1. The number of aliphatic carboxylic acids is 1. The summed E-state index contributed by atoms with van der Waals surface area (Å²) in [5.74, 6) is 0.0743. The number of carboxylic acids is 1. The van der Waals surface area contributed by atoms with Crippen LogP contribution in [0.4, 0.5) is 0 Å². The van der Waals surface area contributed by atoms with Gasteiger partial charge in [0.25, 0.3) is 0 Å². The molecule has 20 heavy (non-hydrogen) atoms. The third-order valence-corrected chi connectivity index (χ3v) is 3.05. The van der Waals surface area contributed by atoms with Gasteiger partial charge in [0.1, 0.15) is 5.75 Å². The molecule has 0 amide bonds. The molecule has 4 nitrogen and oxygen atoms in total. The van der Waals surface area contributed by atoms with E-state index in [1.807, 2.05) is 24.3 Å². The van der Waals surface area contributed by atoms with Gasteiger partial charge in [-0.3, -0.25) is 4.79 Å². The Morgan fingerprint density at radius 1 is 1.25 bits per heavy atom. The van der Waals surface area contributed by atoms with Gasteiger partial charge in [0.05, 0.1) is 13.0 Å². The van der Waals surface area contributed by atoms with E-state index in [1.165, 1.54) is 0 Å². The van der Waals surface area contributed by atoms with Crippen LogP contribution in [0, 0.1) is 11.8 Å². The molecule has 0 saturated heterocycles. The summed E-state index contributed by atoms with van der Waals surface area (Å²) in [4.78, 5) is 11.3. The van der Waals surface area contributed by atoms with Crippen LogP contribution in [-0.2, 0) is 16.0 Å². The van der Waals surface area contributed by atoms with Crippen LogP contribution in [0.3, 0.4) is 0 Å². The summed E-state index contributed by atoms with van der Waals surface area (Å²) in [6.45, 7) is 5.32. The Morgan fingerprint density at radius 3 is 2.40 bits per heavy atom. The van der Waals surface area contributed by atoms with Gasteiger partial charge in [-0.05, 0) is 36.5 Å². The summed E-state index contributed by atoms with van der Waals surface area (Å²) in [7, 11) is 1.61. The second-order valence-corrected chi connectivity index (χ2v) is 5.34. The van der Waals surface area contributed by atoms with E-state index in [-0.39, 0.29) is 0 Å². The monoisotopic (exact) mass is 280 g/mol. The van der Waals surface area contributed by atoms with Crippen LogP contribution >= 0.6 is 0 Å². The van der Waals surface area contributed by atoms with Crippen molar-refractivity contribution >= 4 is 5.97 Å². The summed E-state index contributed by atoms with van der Waals surface area (Å²) in [6.07, 6.45) is 1.05. The summed E-state index contributed by atoms with van der Waals surface area (Å²) in [6, 6.07) is 7.51. The summed E-state index contributed by atoms with van der Waals surface area (Å²) < 4.78 is 10.6. The molecule has 1 atom stereocenters. The lowest BCUT2D eigenvalue weighted by Gasteiger charge is -2.13. The molecule has 1 aromatic rings. The van der Waals surface area contributed by atoms with Crippen molar-refractivity contribution < 1.29 is 19.4 Å². The van der Waals surface area contributed by atoms with E-state index < -0.39 is 11.9 Å². The zero-order valence-electron chi connectivity index (χ0n) is 12.5. The first-order valence-electron chi connectivity index (χ1n) is 6.96. The zero-order valence-corrected chi connectivity index (χ0v) is 12.5. The third-order valence-electron chi connectivity index (χ3n) is 3.05. The highest BCUT2D eigenvalue weighted by Crippen LogP contribution is 2.17. The van der Waals surface area contributed by atoms with E-state index >= 15 is 0 Å². The Morgan fingerprint density at radius 2 is 1.90 bits per heavy atom. The number of carboxylic acid groups (broad SMARTS) is 1. The lowest BCUT2D eigenvalue weighted by atomic mass is 9.96. The van der Waals surface area contributed by atoms with E-state index in [9.17, 15) is 9.90 Å². The first-order chi connectivity index (χ1) is 9.52. The van der Waals surface area contributed by atoms with Crippen molar-refractivity contribution in [3.63, 3.8) is 0 Å². The Bertz CT molecular complexity index is 397. The van der Waals surface area contributed by atoms with Gasteiger partial charge in [-0.25, -0.2) is 0 Å². The molecule has 0 heterocycles. The molecular weight excluding hydrogens is 256 g/mol. The van der Waals surface area contributed by atoms with Crippen LogP contribution in [0.15, 0.2) is 24.3 Å². The maximum atomic E-state index is 11.3. The molecule has 1 unspecified atom stereocenters. The number of rotatable bonds is 9. The fourth-order valence-electron chi connectivity index (χ4n) is 1.90. The van der Waals surface area contributed by atoms with E-state index in [0.29, 0.717) is 32.0 Å². The third kappa shape index (κ3) is 6.06. The highest BCUT2D eigenvalue weighted by atomic mass is 16.5. The number of hydrogen-bond acceptors (Lipinski definition) is 3. The average molecular weight is 280 g/mol. The first kappa shape index (κ1) is 16.5. The minimum Gasteiger partial charge on any atom is -0.497 e. The Labute approximate surface area is 120 Å². The molecule has 0 aliphatic heterocycles. The van der Waals surface area contributed by atoms with Crippen molar-refractivity contribution in [3.05, 3.63) is 29.8 Å². The van der Waals surface area contributed by atoms with Gasteiger partial charge < -0.3 is 14.6 Å². The largest absolute Gasteiger partial charge is 0.497 e. The van der Waals surface area contributed by atoms with Gasteiger partial charge in [-0.15, -0.1) is 0 Å². The maximum Gasteiger partial charge on any atom is 0.306 e. The molecule has 1 N–H and O–H groups in total. The second-order valence-electron chi connectivity index (χ2n) is 5.34. The van der Waals surface area contributed by atoms with Gasteiger partial charge in [0, 0.05) is 13.2 Å². The van der Waals surface area contributed by atoms with Gasteiger partial charge in [-0.2, -0.15) is 0 Å². The van der Waals surface area contributed by atoms with E-state index in [1.54, 1.807) is 7.11 Å². The molecule has 0 aromatic heterocycles. The maximum absolute atomic E-state index is 11.3. The second kappa shape index (κ2) is 8.59. The van der Waals surface area contributed by atoms with Gasteiger partial charge in [0.15, 0.2) is 0 Å². The lowest BCUT2D eigenvalue weighted by Crippen LogP contribution is -2.19. The SMILES string of the molecule is COc1ccc(CC(CCOCC(C)C)C(=O)O)cc1. The normalized spacial score (nSPS) is 12.4. The molecule has 0 aliphatic rings. The summed E-state index contributed by atoms with van der Waals surface area (Å²) in [5.41, 5.74) is 1.00. The fourth-order valence-corrected chi connectivity index (χ4v) is 1.90. The van der Waals surface area contributed by atoms with Crippen LogP contribution < -0.4 is 4.74 Å². The molecule has 0 bridgehead atoms. The number of hydrogen-bond donors (Lipinski definition) is 1. The highest BCUT2D eigenvalue weighted by Gasteiger charge is 2.18. The molecule has 0 fully saturated rings. The van der Waals surface area contributed by atoms with Gasteiger partial charge >= 0.3 is 5.97 Å². The lowest BCUT2D eigenvalue weighted by molar-refractivity contribution is -0.142. The van der Waals surface area contributed by atoms with Crippen molar-refractivity contribution in [2.24, 2.45) is 11.8 Å².